The second kappa shape index (κ2) is 4.36. The molecule has 1 aromatic carbocycles. The molecular weight excluding hydrogens is 186 g/mol. The molecule has 2 rings (SSSR count). The fourth-order valence-electron chi connectivity index (χ4n) is 1.58. The highest BCUT2D eigenvalue weighted by atomic mass is 15.2. The third kappa shape index (κ3) is 2.50. The molecule has 1 aromatic rings. The van der Waals surface area contributed by atoms with Crippen LogP contribution in [0.4, 0.5) is 5.69 Å². The average Bonchev–Trinajstić information content (AvgIpc) is 2.41. The molecule has 0 amide bonds. The first-order chi connectivity index (χ1) is 7.25. The van der Waals surface area contributed by atoms with Gasteiger partial charge in [-0.3, -0.25) is 0 Å². The SMILES string of the molecule is CN(C)CC1C=Cc2ccccc2N=N1. The van der Waals surface area contributed by atoms with Gasteiger partial charge in [-0.15, -0.1) is 0 Å². The third-order valence-corrected chi connectivity index (χ3v) is 2.30. The molecule has 0 spiro atoms. The molecule has 1 aliphatic heterocycles. The average molecular weight is 201 g/mol. The van der Waals surface area contributed by atoms with E-state index in [4.69, 9.17) is 0 Å². The van der Waals surface area contributed by atoms with Crippen molar-refractivity contribution in [3.05, 3.63) is 35.9 Å². The minimum Gasteiger partial charge on any atom is -0.307 e. The number of likely N-dealkylation sites (N-methyl/N-ethyl adjacent to an activating group) is 1. The van der Waals surface area contributed by atoms with Crippen molar-refractivity contribution in [1.29, 1.82) is 0 Å². The lowest BCUT2D eigenvalue weighted by Crippen LogP contribution is -2.22. The number of rotatable bonds is 2. The van der Waals surface area contributed by atoms with Crippen molar-refractivity contribution in [2.24, 2.45) is 10.2 Å². The van der Waals surface area contributed by atoms with Crippen LogP contribution in [0.3, 0.4) is 0 Å². The topological polar surface area (TPSA) is 28.0 Å². The maximum absolute atomic E-state index is 4.30. The highest BCUT2D eigenvalue weighted by Crippen LogP contribution is 2.23. The Hall–Kier alpha value is -1.48. The zero-order valence-corrected chi connectivity index (χ0v) is 9.09. The molecule has 0 saturated heterocycles. The standard InChI is InChI=1S/C12H15N3/c1-15(2)9-11-8-7-10-5-3-4-6-12(10)14-13-11/h3-8,11H,9H2,1-2H3. The minimum absolute atomic E-state index is 0.160. The van der Waals surface area contributed by atoms with E-state index >= 15 is 0 Å². The molecule has 3 heteroatoms. The number of nitrogens with zero attached hydrogens (tertiary/aromatic N) is 3. The Balaban J connectivity index is 2.22. The fourth-order valence-corrected chi connectivity index (χ4v) is 1.58. The summed E-state index contributed by atoms with van der Waals surface area (Å²) in [6.07, 6.45) is 4.21. The predicted molar refractivity (Wildman–Crippen MR) is 62.3 cm³/mol. The van der Waals surface area contributed by atoms with Crippen LogP contribution in [-0.2, 0) is 0 Å². The highest BCUT2D eigenvalue weighted by Gasteiger charge is 2.08. The van der Waals surface area contributed by atoms with E-state index in [1.165, 1.54) is 0 Å². The Labute approximate surface area is 90.1 Å². The van der Waals surface area contributed by atoms with Crippen LogP contribution in [0.15, 0.2) is 40.6 Å². The van der Waals surface area contributed by atoms with Crippen molar-refractivity contribution in [2.75, 3.05) is 20.6 Å². The van der Waals surface area contributed by atoms with Gasteiger partial charge in [-0.2, -0.15) is 10.2 Å². The van der Waals surface area contributed by atoms with Crippen LogP contribution in [0.5, 0.6) is 0 Å². The molecule has 1 atom stereocenters. The molecule has 1 unspecified atom stereocenters. The number of hydrogen-bond donors (Lipinski definition) is 0. The van der Waals surface area contributed by atoms with Crippen LogP contribution in [0.1, 0.15) is 5.56 Å². The first-order valence-corrected chi connectivity index (χ1v) is 5.08. The van der Waals surface area contributed by atoms with Crippen molar-refractivity contribution >= 4 is 11.8 Å². The summed E-state index contributed by atoms with van der Waals surface area (Å²) in [5.41, 5.74) is 2.09. The van der Waals surface area contributed by atoms with Crippen LogP contribution in [0.2, 0.25) is 0 Å². The lowest BCUT2D eigenvalue weighted by molar-refractivity contribution is 0.392. The fraction of sp³-hybridized carbons (Fsp3) is 0.333. The number of benzene rings is 1. The summed E-state index contributed by atoms with van der Waals surface area (Å²) in [4.78, 5) is 2.12. The van der Waals surface area contributed by atoms with Gasteiger partial charge in [-0.25, -0.2) is 0 Å². The van der Waals surface area contributed by atoms with Gasteiger partial charge >= 0.3 is 0 Å². The normalized spacial score (nSPS) is 19.0. The van der Waals surface area contributed by atoms with Crippen molar-refractivity contribution in [2.45, 2.75) is 6.04 Å². The first kappa shape index (κ1) is 10.1. The number of azo groups is 1. The van der Waals surface area contributed by atoms with Gasteiger partial charge in [-0.05, 0) is 20.2 Å². The lowest BCUT2D eigenvalue weighted by Gasteiger charge is -2.11. The molecule has 1 aliphatic rings. The van der Waals surface area contributed by atoms with Gasteiger partial charge in [0.1, 0.15) is 6.04 Å². The Kier molecular flexibility index (Phi) is 2.92. The minimum atomic E-state index is 0.160. The lowest BCUT2D eigenvalue weighted by atomic mass is 10.1. The molecular formula is C12H15N3. The Morgan fingerprint density at radius 3 is 2.87 bits per heavy atom. The molecule has 0 aliphatic carbocycles. The van der Waals surface area contributed by atoms with Gasteiger partial charge in [0.2, 0.25) is 0 Å². The van der Waals surface area contributed by atoms with Crippen LogP contribution in [-0.4, -0.2) is 31.6 Å². The van der Waals surface area contributed by atoms with Crippen LogP contribution < -0.4 is 0 Å². The van der Waals surface area contributed by atoms with E-state index < -0.39 is 0 Å². The van der Waals surface area contributed by atoms with Crippen molar-refractivity contribution in [1.82, 2.24) is 4.90 Å². The quantitative estimate of drug-likeness (QED) is 0.723. The zero-order chi connectivity index (χ0) is 10.7. The summed E-state index contributed by atoms with van der Waals surface area (Å²) in [5.74, 6) is 0. The van der Waals surface area contributed by atoms with Gasteiger partial charge in [-0.1, -0.05) is 30.4 Å². The van der Waals surface area contributed by atoms with E-state index in [-0.39, 0.29) is 6.04 Å². The Morgan fingerprint density at radius 1 is 1.27 bits per heavy atom. The summed E-state index contributed by atoms with van der Waals surface area (Å²) in [5, 5.41) is 8.56. The van der Waals surface area contributed by atoms with E-state index in [1.807, 2.05) is 32.3 Å². The van der Waals surface area contributed by atoms with E-state index in [1.54, 1.807) is 0 Å². The maximum Gasteiger partial charge on any atom is 0.102 e. The summed E-state index contributed by atoms with van der Waals surface area (Å²) in [6, 6.07) is 8.21. The molecule has 1 heterocycles. The molecule has 0 fully saturated rings. The summed E-state index contributed by atoms with van der Waals surface area (Å²) < 4.78 is 0. The zero-order valence-electron chi connectivity index (χ0n) is 9.09. The molecule has 0 radical (unpaired) electrons. The molecule has 0 saturated carbocycles. The summed E-state index contributed by atoms with van der Waals surface area (Å²) >= 11 is 0. The van der Waals surface area contributed by atoms with Crippen LogP contribution >= 0.6 is 0 Å². The Bertz CT molecular complexity index is 361. The van der Waals surface area contributed by atoms with Gasteiger partial charge in [0, 0.05) is 12.1 Å². The molecule has 0 N–H and O–H groups in total. The number of fused-ring (bicyclic) bond motifs is 1. The monoisotopic (exact) mass is 201 g/mol. The van der Waals surface area contributed by atoms with Gasteiger partial charge in [0.15, 0.2) is 0 Å². The van der Waals surface area contributed by atoms with E-state index in [0.717, 1.165) is 17.8 Å². The molecule has 0 aromatic heterocycles. The Morgan fingerprint density at radius 2 is 2.07 bits per heavy atom. The van der Waals surface area contributed by atoms with E-state index in [2.05, 4.69) is 33.3 Å². The van der Waals surface area contributed by atoms with Gasteiger partial charge in [0.05, 0.1) is 5.69 Å². The largest absolute Gasteiger partial charge is 0.307 e. The predicted octanol–water partition coefficient (Wildman–Crippen LogP) is 2.73. The summed E-state index contributed by atoms with van der Waals surface area (Å²) in [7, 11) is 4.09. The smallest absolute Gasteiger partial charge is 0.102 e. The van der Waals surface area contributed by atoms with Crippen molar-refractivity contribution in [3.8, 4) is 0 Å². The molecule has 3 nitrogen and oxygen atoms in total. The van der Waals surface area contributed by atoms with E-state index in [0.29, 0.717) is 0 Å². The van der Waals surface area contributed by atoms with Crippen molar-refractivity contribution < 1.29 is 0 Å². The second-order valence-electron chi connectivity index (χ2n) is 3.96. The third-order valence-electron chi connectivity index (χ3n) is 2.30. The van der Waals surface area contributed by atoms with E-state index in [9.17, 15) is 0 Å². The van der Waals surface area contributed by atoms with Gasteiger partial charge in [0.25, 0.3) is 0 Å². The van der Waals surface area contributed by atoms with Gasteiger partial charge < -0.3 is 4.90 Å². The van der Waals surface area contributed by atoms with Crippen LogP contribution in [0.25, 0.3) is 6.08 Å². The molecule has 78 valence electrons. The summed E-state index contributed by atoms with van der Waals surface area (Å²) in [6.45, 7) is 0.897. The second-order valence-corrected chi connectivity index (χ2v) is 3.96. The maximum atomic E-state index is 4.30. The van der Waals surface area contributed by atoms with Crippen molar-refractivity contribution in [3.63, 3.8) is 0 Å². The number of hydrogen-bond acceptors (Lipinski definition) is 3. The first-order valence-electron chi connectivity index (χ1n) is 5.08. The molecule has 15 heavy (non-hydrogen) atoms. The highest BCUT2D eigenvalue weighted by molar-refractivity contribution is 5.64. The van der Waals surface area contributed by atoms with Crippen LogP contribution in [0, 0.1) is 0 Å². The molecule has 0 bridgehead atoms.